The quantitative estimate of drug-likeness (QED) is 0.809. The highest BCUT2D eigenvalue weighted by atomic mass is 16.2. The van der Waals surface area contributed by atoms with Crippen LogP contribution in [0.5, 0.6) is 0 Å². The largest absolute Gasteiger partial charge is 0.357 e. The molecule has 1 saturated heterocycles. The summed E-state index contributed by atoms with van der Waals surface area (Å²) in [5.41, 5.74) is 0.226. The second-order valence-electron chi connectivity index (χ2n) is 7.00. The maximum absolute atomic E-state index is 12.4. The maximum Gasteiger partial charge on any atom is 0.243 e. The predicted molar refractivity (Wildman–Crippen MR) is 80.3 cm³/mol. The van der Waals surface area contributed by atoms with Crippen molar-refractivity contribution < 1.29 is 9.59 Å². The van der Waals surface area contributed by atoms with Gasteiger partial charge in [0, 0.05) is 33.1 Å². The molecule has 2 N–H and O–H groups in total. The number of carbonyl (C=O) groups excluding carboxylic acids is 2. The second-order valence-corrected chi connectivity index (χ2v) is 7.00. The molecule has 5 heteroatoms. The van der Waals surface area contributed by atoms with E-state index in [0.29, 0.717) is 25.4 Å². The van der Waals surface area contributed by atoms with Gasteiger partial charge in [-0.15, -0.1) is 0 Å². The van der Waals surface area contributed by atoms with Crippen molar-refractivity contribution >= 4 is 11.8 Å². The Morgan fingerprint density at radius 2 is 2.05 bits per heavy atom. The van der Waals surface area contributed by atoms with E-state index in [-0.39, 0.29) is 23.3 Å². The SMILES string of the molecule is CNC(=O)C1CNCCN1C(=O)CC(C)CC(C)(C)C. The third-order valence-corrected chi connectivity index (χ3v) is 3.60. The first-order valence-corrected chi connectivity index (χ1v) is 7.46. The first kappa shape index (κ1) is 17.0. The Labute approximate surface area is 122 Å². The normalized spacial score (nSPS) is 21.4. The van der Waals surface area contributed by atoms with Crippen LogP contribution >= 0.6 is 0 Å². The van der Waals surface area contributed by atoms with E-state index >= 15 is 0 Å². The van der Waals surface area contributed by atoms with E-state index < -0.39 is 0 Å². The van der Waals surface area contributed by atoms with Crippen molar-refractivity contribution in [1.29, 1.82) is 0 Å². The lowest BCUT2D eigenvalue weighted by molar-refractivity contribution is -0.142. The number of hydrogen-bond acceptors (Lipinski definition) is 3. The van der Waals surface area contributed by atoms with E-state index in [1.54, 1.807) is 11.9 Å². The van der Waals surface area contributed by atoms with Crippen molar-refractivity contribution in [2.24, 2.45) is 11.3 Å². The minimum atomic E-state index is -0.372. The summed E-state index contributed by atoms with van der Waals surface area (Å²) >= 11 is 0. The van der Waals surface area contributed by atoms with Crippen LogP contribution in [-0.2, 0) is 9.59 Å². The highest BCUT2D eigenvalue weighted by Gasteiger charge is 2.32. The molecule has 116 valence electrons. The van der Waals surface area contributed by atoms with Gasteiger partial charge in [-0.2, -0.15) is 0 Å². The van der Waals surface area contributed by atoms with Gasteiger partial charge >= 0.3 is 0 Å². The summed E-state index contributed by atoms with van der Waals surface area (Å²) < 4.78 is 0. The maximum atomic E-state index is 12.4. The summed E-state index contributed by atoms with van der Waals surface area (Å²) in [4.78, 5) is 26.0. The van der Waals surface area contributed by atoms with Gasteiger partial charge in [0.2, 0.25) is 11.8 Å². The summed E-state index contributed by atoms with van der Waals surface area (Å²) in [6, 6.07) is -0.372. The van der Waals surface area contributed by atoms with Crippen molar-refractivity contribution in [3.05, 3.63) is 0 Å². The van der Waals surface area contributed by atoms with E-state index in [1.807, 2.05) is 0 Å². The van der Waals surface area contributed by atoms with Crippen LogP contribution in [0, 0.1) is 11.3 Å². The van der Waals surface area contributed by atoms with Crippen molar-refractivity contribution in [2.75, 3.05) is 26.7 Å². The van der Waals surface area contributed by atoms with Crippen LogP contribution in [0.3, 0.4) is 0 Å². The molecule has 1 heterocycles. The van der Waals surface area contributed by atoms with E-state index in [0.717, 1.165) is 13.0 Å². The van der Waals surface area contributed by atoms with Gasteiger partial charge in [-0.3, -0.25) is 9.59 Å². The Hall–Kier alpha value is -1.10. The van der Waals surface area contributed by atoms with Gasteiger partial charge in [0.15, 0.2) is 0 Å². The highest BCUT2D eigenvalue weighted by molar-refractivity contribution is 5.88. The second kappa shape index (κ2) is 7.07. The number of carbonyl (C=O) groups is 2. The Kier molecular flexibility index (Phi) is 5.99. The van der Waals surface area contributed by atoms with Gasteiger partial charge in [-0.05, 0) is 17.8 Å². The Morgan fingerprint density at radius 3 is 2.60 bits per heavy atom. The fourth-order valence-corrected chi connectivity index (χ4v) is 2.94. The average Bonchev–Trinajstić information content (AvgIpc) is 2.35. The molecular weight excluding hydrogens is 254 g/mol. The molecule has 0 aromatic rings. The number of amides is 2. The molecule has 5 nitrogen and oxygen atoms in total. The minimum Gasteiger partial charge on any atom is -0.357 e. The molecule has 0 aliphatic carbocycles. The van der Waals surface area contributed by atoms with Gasteiger partial charge in [0.25, 0.3) is 0 Å². The van der Waals surface area contributed by atoms with Gasteiger partial charge in [0.05, 0.1) is 0 Å². The first-order chi connectivity index (χ1) is 9.24. The summed E-state index contributed by atoms with van der Waals surface area (Å²) in [7, 11) is 1.61. The molecular formula is C15H29N3O2. The lowest BCUT2D eigenvalue weighted by Crippen LogP contribution is -2.59. The van der Waals surface area contributed by atoms with E-state index in [9.17, 15) is 9.59 Å². The molecule has 2 unspecified atom stereocenters. The zero-order valence-electron chi connectivity index (χ0n) is 13.5. The fourth-order valence-electron chi connectivity index (χ4n) is 2.94. The molecule has 0 spiro atoms. The number of hydrogen-bond donors (Lipinski definition) is 2. The third-order valence-electron chi connectivity index (χ3n) is 3.60. The third kappa shape index (κ3) is 5.12. The summed E-state index contributed by atoms with van der Waals surface area (Å²) in [6.07, 6.45) is 1.53. The smallest absolute Gasteiger partial charge is 0.243 e. The molecule has 0 saturated carbocycles. The zero-order valence-corrected chi connectivity index (χ0v) is 13.5. The summed E-state index contributed by atoms with van der Waals surface area (Å²) in [5.74, 6) is 0.341. The van der Waals surface area contributed by atoms with E-state index in [4.69, 9.17) is 0 Å². The molecule has 0 bridgehead atoms. The topological polar surface area (TPSA) is 61.4 Å². The number of nitrogens with one attached hydrogen (secondary N) is 2. The molecule has 20 heavy (non-hydrogen) atoms. The van der Waals surface area contributed by atoms with E-state index in [1.165, 1.54) is 0 Å². The Bertz CT molecular complexity index is 350. The van der Waals surface area contributed by atoms with Crippen LogP contribution in [0.25, 0.3) is 0 Å². The summed E-state index contributed by atoms with van der Waals surface area (Å²) in [6.45, 7) is 10.6. The molecule has 1 rings (SSSR count). The monoisotopic (exact) mass is 283 g/mol. The lowest BCUT2D eigenvalue weighted by atomic mass is 9.84. The van der Waals surface area contributed by atoms with Gasteiger partial charge in [0.1, 0.15) is 6.04 Å². The standard InChI is InChI=1S/C15H29N3O2/c1-11(9-15(2,3)4)8-13(19)18-7-6-17-10-12(18)14(20)16-5/h11-12,17H,6-10H2,1-5H3,(H,16,20). The minimum absolute atomic E-state index is 0.0889. The van der Waals surface area contributed by atoms with Crippen LogP contribution < -0.4 is 10.6 Å². The van der Waals surface area contributed by atoms with E-state index in [2.05, 4.69) is 38.3 Å². The first-order valence-electron chi connectivity index (χ1n) is 7.46. The number of rotatable bonds is 4. The van der Waals surface area contributed by atoms with Crippen LogP contribution in [0.2, 0.25) is 0 Å². The van der Waals surface area contributed by atoms with Crippen LogP contribution in [0.4, 0.5) is 0 Å². The zero-order chi connectivity index (χ0) is 15.3. The summed E-state index contributed by atoms with van der Waals surface area (Å²) in [5, 5.41) is 5.81. The highest BCUT2D eigenvalue weighted by Crippen LogP contribution is 2.26. The van der Waals surface area contributed by atoms with Crippen molar-refractivity contribution in [3.8, 4) is 0 Å². The Morgan fingerprint density at radius 1 is 1.40 bits per heavy atom. The van der Waals surface area contributed by atoms with Gasteiger partial charge in [-0.1, -0.05) is 27.7 Å². The molecule has 1 aliphatic rings. The van der Waals surface area contributed by atoms with Crippen LogP contribution in [0.15, 0.2) is 0 Å². The number of nitrogens with zero attached hydrogens (tertiary/aromatic N) is 1. The molecule has 0 aromatic carbocycles. The number of likely N-dealkylation sites (N-methyl/N-ethyl adjacent to an activating group) is 1. The molecule has 2 amide bonds. The molecule has 1 fully saturated rings. The predicted octanol–water partition coefficient (Wildman–Crippen LogP) is 0.995. The molecule has 0 aromatic heterocycles. The molecule has 0 radical (unpaired) electrons. The average molecular weight is 283 g/mol. The molecule has 2 atom stereocenters. The van der Waals surface area contributed by atoms with Crippen LogP contribution in [0.1, 0.15) is 40.5 Å². The fraction of sp³-hybridized carbons (Fsp3) is 0.867. The van der Waals surface area contributed by atoms with Crippen molar-refractivity contribution in [3.63, 3.8) is 0 Å². The lowest BCUT2D eigenvalue weighted by Gasteiger charge is -2.36. The van der Waals surface area contributed by atoms with Crippen LogP contribution in [-0.4, -0.2) is 49.4 Å². The van der Waals surface area contributed by atoms with Gasteiger partial charge in [-0.25, -0.2) is 0 Å². The molecule has 1 aliphatic heterocycles. The van der Waals surface area contributed by atoms with Crippen molar-refractivity contribution in [1.82, 2.24) is 15.5 Å². The van der Waals surface area contributed by atoms with Crippen molar-refractivity contribution in [2.45, 2.75) is 46.6 Å². The number of piperazine rings is 1. The Balaban J connectivity index is 2.61. The van der Waals surface area contributed by atoms with Gasteiger partial charge < -0.3 is 15.5 Å².